The summed E-state index contributed by atoms with van der Waals surface area (Å²) in [5, 5.41) is 10.3. The molecule has 0 bridgehead atoms. The van der Waals surface area contributed by atoms with Crippen LogP contribution in [-0.4, -0.2) is 0 Å². The van der Waals surface area contributed by atoms with Gasteiger partial charge in [-0.2, -0.15) is 0 Å². The normalized spacial score (nSPS) is 11.7. The summed E-state index contributed by atoms with van der Waals surface area (Å²) in [5.41, 5.74) is 10.0. The standard InChI is InChI=1S/C48H30S/c1-2-11-31(12-3-1)35-26-23-33-13-10-19-43(44(33)29-35)48-41-17-6-4-15-39(41)47(40-16-5-7-18-42(40)48)34-24-21-32(22-25-34)36-27-28-38-37-14-8-9-20-45(37)49-46(38)30-36/h1-30H. The van der Waals surface area contributed by atoms with Gasteiger partial charge in [-0.3, -0.25) is 0 Å². The molecule has 0 amide bonds. The van der Waals surface area contributed by atoms with Gasteiger partial charge >= 0.3 is 0 Å². The van der Waals surface area contributed by atoms with Crippen molar-refractivity contribution >= 4 is 63.8 Å². The van der Waals surface area contributed by atoms with E-state index in [1.54, 1.807) is 0 Å². The quantitative estimate of drug-likeness (QED) is 0.168. The van der Waals surface area contributed by atoms with Crippen LogP contribution in [0.5, 0.6) is 0 Å². The number of thiophene rings is 1. The van der Waals surface area contributed by atoms with Crippen molar-refractivity contribution in [3.8, 4) is 44.5 Å². The minimum atomic E-state index is 1.23. The van der Waals surface area contributed by atoms with Crippen molar-refractivity contribution < 1.29 is 0 Å². The number of fused-ring (bicyclic) bond motifs is 6. The van der Waals surface area contributed by atoms with Gasteiger partial charge in [0.15, 0.2) is 0 Å². The summed E-state index contributed by atoms with van der Waals surface area (Å²) in [5.74, 6) is 0. The third-order valence-electron chi connectivity index (χ3n) is 10.1. The van der Waals surface area contributed by atoms with Crippen molar-refractivity contribution in [3.63, 3.8) is 0 Å². The lowest BCUT2D eigenvalue weighted by molar-refractivity contribution is 1.63. The van der Waals surface area contributed by atoms with Gasteiger partial charge < -0.3 is 0 Å². The third-order valence-corrected chi connectivity index (χ3v) is 11.2. The monoisotopic (exact) mass is 638 g/mol. The minimum Gasteiger partial charge on any atom is -0.135 e. The zero-order chi connectivity index (χ0) is 32.3. The first-order valence-corrected chi connectivity index (χ1v) is 17.7. The van der Waals surface area contributed by atoms with Crippen molar-refractivity contribution in [2.24, 2.45) is 0 Å². The van der Waals surface area contributed by atoms with Crippen LogP contribution in [0.25, 0.3) is 97.0 Å². The van der Waals surface area contributed by atoms with E-state index in [1.165, 1.54) is 97.0 Å². The van der Waals surface area contributed by atoms with Crippen LogP contribution in [-0.2, 0) is 0 Å². The molecule has 0 aliphatic carbocycles. The van der Waals surface area contributed by atoms with Crippen LogP contribution in [0.3, 0.4) is 0 Å². The Balaban J connectivity index is 1.15. The smallest absolute Gasteiger partial charge is 0.0361 e. The van der Waals surface area contributed by atoms with Gasteiger partial charge in [-0.15, -0.1) is 11.3 Å². The highest BCUT2D eigenvalue weighted by Crippen LogP contribution is 2.46. The molecule has 1 heteroatoms. The average molecular weight is 639 g/mol. The molecule has 228 valence electrons. The van der Waals surface area contributed by atoms with Crippen LogP contribution in [0.15, 0.2) is 182 Å². The van der Waals surface area contributed by atoms with Crippen molar-refractivity contribution in [1.29, 1.82) is 0 Å². The number of benzene rings is 9. The zero-order valence-electron chi connectivity index (χ0n) is 26.7. The second kappa shape index (κ2) is 11.3. The summed E-state index contributed by atoms with van der Waals surface area (Å²) in [7, 11) is 0. The largest absolute Gasteiger partial charge is 0.135 e. The summed E-state index contributed by atoms with van der Waals surface area (Å²) in [4.78, 5) is 0. The summed E-state index contributed by atoms with van der Waals surface area (Å²) >= 11 is 1.87. The average Bonchev–Trinajstić information content (AvgIpc) is 3.55. The highest BCUT2D eigenvalue weighted by Gasteiger charge is 2.18. The molecule has 0 unspecified atom stereocenters. The maximum atomic E-state index is 2.37. The molecule has 0 atom stereocenters. The lowest BCUT2D eigenvalue weighted by Gasteiger charge is -2.19. The highest BCUT2D eigenvalue weighted by atomic mass is 32.1. The Morgan fingerprint density at radius 3 is 1.53 bits per heavy atom. The van der Waals surface area contributed by atoms with Gasteiger partial charge in [-0.25, -0.2) is 0 Å². The fourth-order valence-electron chi connectivity index (χ4n) is 7.77. The molecule has 0 spiro atoms. The molecule has 10 aromatic rings. The van der Waals surface area contributed by atoms with Crippen LogP contribution in [0.4, 0.5) is 0 Å². The van der Waals surface area contributed by atoms with Crippen LogP contribution >= 0.6 is 11.3 Å². The molecule has 0 radical (unpaired) electrons. The fraction of sp³-hybridized carbons (Fsp3) is 0. The first-order chi connectivity index (χ1) is 24.3. The highest BCUT2D eigenvalue weighted by molar-refractivity contribution is 7.25. The summed E-state index contributed by atoms with van der Waals surface area (Å²) in [6.45, 7) is 0. The lowest BCUT2D eigenvalue weighted by atomic mass is 9.84. The van der Waals surface area contributed by atoms with Crippen molar-refractivity contribution in [2.45, 2.75) is 0 Å². The molecule has 0 nitrogen and oxygen atoms in total. The second-order valence-corrected chi connectivity index (χ2v) is 13.9. The van der Waals surface area contributed by atoms with E-state index in [4.69, 9.17) is 0 Å². The predicted octanol–water partition coefficient (Wildman–Crippen LogP) is 14.2. The topological polar surface area (TPSA) is 0 Å². The SMILES string of the molecule is c1ccc(-c2ccc3cccc(-c4c5ccccc5c(-c5ccc(-c6ccc7c(c6)sc6ccccc67)cc5)c5ccccc45)c3c2)cc1. The molecule has 0 saturated carbocycles. The molecular weight excluding hydrogens is 609 g/mol. The van der Waals surface area contributed by atoms with Gasteiger partial charge in [0.05, 0.1) is 0 Å². The van der Waals surface area contributed by atoms with Crippen molar-refractivity contribution in [3.05, 3.63) is 182 Å². The van der Waals surface area contributed by atoms with E-state index in [2.05, 4.69) is 182 Å². The Hall–Kier alpha value is -6.02. The Kier molecular flexibility index (Phi) is 6.47. The maximum Gasteiger partial charge on any atom is 0.0361 e. The fourth-order valence-corrected chi connectivity index (χ4v) is 8.91. The molecule has 1 heterocycles. The van der Waals surface area contributed by atoms with Gasteiger partial charge in [0.2, 0.25) is 0 Å². The van der Waals surface area contributed by atoms with Gasteiger partial charge in [-0.05, 0) is 95.0 Å². The van der Waals surface area contributed by atoms with Crippen molar-refractivity contribution in [1.82, 2.24) is 0 Å². The molecule has 0 saturated heterocycles. The van der Waals surface area contributed by atoms with E-state index < -0.39 is 0 Å². The molecule has 1 aromatic heterocycles. The minimum absolute atomic E-state index is 1.23. The van der Waals surface area contributed by atoms with E-state index in [0.717, 1.165) is 0 Å². The van der Waals surface area contributed by atoms with Gasteiger partial charge in [0, 0.05) is 20.2 Å². The van der Waals surface area contributed by atoms with Gasteiger partial charge in [0.25, 0.3) is 0 Å². The molecule has 0 N–H and O–H groups in total. The summed E-state index contributed by atoms with van der Waals surface area (Å²) in [6.07, 6.45) is 0. The van der Waals surface area contributed by atoms with Crippen LogP contribution < -0.4 is 0 Å². The van der Waals surface area contributed by atoms with Crippen LogP contribution in [0.2, 0.25) is 0 Å². The van der Waals surface area contributed by atoms with Gasteiger partial charge in [0.1, 0.15) is 0 Å². The molecule has 9 aromatic carbocycles. The Labute approximate surface area is 289 Å². The Morgan fingerprint density at radius 2 is 0.796 bits per heavy atom. The molecular formula is C48H30S. The Morgan fingerprint density at radius 1 is 0.265 bits per heavy atom. The zero-order valence-corrected chi connectivity index (χ0v) is 27.5. The Bertz CT molecular complexity index is 2800. The molecule has 0 fully saturated rings. The number of rotatable bonds is 4. The second-order valence-electron chi connectivity index (χ2n) is 12.8. The van der Waals surface area contributed by atoms with Gasteiger partial charge in [-0.1, -0.05) is 164 Å². The molecule has 0 aliphatic heterocycles. The number of hydrogen-bond donors (Lipinski definition) is 0. The maximum absolute atomic E-state index is 2.37. The molecule has 49 heavy (non-hydrogen) atoms. The van der Waals surface area contributed by atoms with Crippen LogP contribution in [0.1, 0.15) is 0 Å². The van der Waals surface area contributed by atoms with E-state index in [-0.39, 0.29) is 0 Å². The predicted molar refractivity (Wildman–Crippen MR) is 214 cm³/mol. The number of hydrogen-bond acceptors (Lipinski definition) is 1. The van der Waals surface area contributed by atoms with E-state index >= 15 is 0 Å². The first-order valence-electron chi connectivity index (χ1n) is 16.8. The van der Waals surface area contributed by atoms with Crippen LogP contribution in [0, 0.1) is 0 Å². The summed E-state index contributed by atoms with van der Waals surface area (Å²) in [6, 6.07) is 67.0. The molecule has 10 rings (SSSR count). The third kappa shape index (κ3) is 4.58. The van der Waals surface area contributed by atoms with E-state index in [9.17, 15) is 0 Å². The van der Waals surface area contributed by atoms with Crippen molar-refractivity contribution in [2.75, 3.05) is 0 Å². The first kappa shape index (κ1) is 28.0. The molecule has 0 aliphatic rings. The lowest BCUT2D eigenvalue weighted by Crippen LogP contribution is -1.92. The van der Waals surface area contributed by atoms with E-state index in [0.29, 0.717) is 0 Å². The van der Waals surface area contributed by atoms with E-state index in [1.807, 2.05) is 11.3 Å². The summed E-state index contributed by atoms with van der Waals surface area (Å²) < 4.78 is 2.67.